The van der Waals surface area contributed by atoms with Gasteiger partial charge in [-0.05, 0) is 45.9 Å². The fraction of sp³-hybridized carbons (Fsp3) is 0.393. The van der Waals surface area contributed by atoms with Crippen molar-refractivity contribution in [1.29, 1.82) is 0 Å². The summed E-state index contributed by atoms with van der Waals surface area (Å²) in [6, 6.07) is 14.1. The number of hydrogen-bond acceptors (Lipinski definition) is 6. The van der Waals surface area contributed by atoms with Crippen molar-refractivity contribution in [2.24, 2.45) is 0 Å². The number of fused-ring (bicyclic) bond motifs is 1. The molecule has 1 aromatic heterocycles. The Labute approximate surface area is 215 Å². The minimum atomic E-state index is -0.933. The van der Waals surface area contributed by atoms with Crippen LogP contribution in [0.25, 0.3) is 0 Å². The molecule has 0 radical (unpaired) electrons. The number of ether oxygens (including phenoxy) is 1. The molecule has 0 bridgehead atoms. The molecule has 1 amide bonds. The second-order valence-electron chi connectivity index (χ2n) is 10.9. The average Bonchev–Trinajstić information content (AvgIpc) is 2.82. The van der Waals surface area contributed by atoms with Crippen molar-refractivity contribution in [3.05, 3.63) is 83.2 Å². The van der Waals surface area contributed by atoms with Crippen LogP contribution in [-0.4, -0.2) is 52.2 Å². The van der Waals surface area contributed by atoms with Gasteiger partial charge in [0.15, 0.2) is 11.6 Å². The van der Waals surface area contributed by atoms with Gasteiger partial charge in [0.05, 0.1) is 17.2 Å². The van der Waals surface area contributed by atoms with E-state index in [9.17, 15) is 9.18 Å². The summed E-state index contributed by atoms with van der Waals surface area (Å²) >= 11 is 0. The highest BCUT2D eigenvalue weighted by molar-refractivity contribution is 5.69. The van der Waals surface area contributed by atoms with Gasteiger partial charge in [-0.15, -0.1) is 0 Å². The fourth-order valence-electron chi connectivity index (χ4n) is 4.98. The summed E-state index contributed by atoms with van der Waals surface area (Å²) in [6.07, 6.45) is 1.39. The van der Waals surface area contributed by atoms with E-state index >= 15 is 4.39 Å². The maximum atomic E-state index is 15.2. The molecule has 1 atom stereocenters. The highest BCUT2D eigenvalue weighted by Gasteiger charge is 2.42. The molecule has 1 saturated heterocycles. The Morgan fingerprint density at radius 3 is 2.54 bits per heavy atom. The van der Waals surface area contributed by atoms with Crippen LogP contribution in [0.2, 0.25) is 0 Å². The van der Waals surface area contributed by atoms with E-state index in [0.29, 0.717) is 37.8 Å². The van der Waals surface area contributed by atoms with Gasteiger partial charge in [-0.3, -0.25) is 0 Å². The van der Waals surface area contributed by atoms with Crippen LogP contribution in [0.4, 0.5) is 25.2 Å². The summed E-state index contributed by atoms with van der Waals surface area (Å²) < 4.78 is 34.9. The molecule has 9 heteroatoms. The number of nitrogens with zero attached hydrogens (tertiary/aromatic N) is 4. The first-order valence-corrected chi connectivity index (χ1v) is 12.4. The van der Waals surface area contributed by atoms with E-state index in [1.165, 1.54) is 6.07 Å². The minimum absolute atomic E-state index is 0.0351. The molecule has 37 heavy (non-hydrogen) atoms. The monoisotopic (exact) mass is 507 g/mol. The third-order valence-electron chi connectivity index (χ3n) is 6.79. The van der Waals surface area contributed by atoms with Crippen LogP contribution in [0.1, 0.15) is 44.5 Å². The number of carbonyl (C=O) groups excluding carboxylic acids is 1. The number of nitrogens with one attached hydrogen (secondary N) is 1. The van der Waals surface area contributed by atoms with Crippen LogP contribution >= 0.6 is 0 Å². The molecule has 1 N–H and O–H groups in total. The average molecular weight is 508 g/mol. The van der Waals surface area contributed by atoms with Gasteiger partial charge in [0.25, 0.3) is 0 Å². The number of carbonyl (C=O) groups is 1. The van der Waals surface area contributed by atoms with Crippen molar-refractivity contribution in [2.45, 2.75) is 51.3 Å². The Morgan fingerprint density at radius 2 is 1.84 bits per heavy atom. The van der Waals surface area contributed by atoms with E-state index in [-0.39, 0.29) is 17.7 Å². The summed E-state index contributed by atoms with van der Waals surface area (Å²) in [4.78, 5) is 25.3. The number of benzene rings is 2. The minimum Gasteiger partial charge on any atom is -0.444 e. The number of anilines is 2. The van der Waals surface area contributed by atoms with E-state index in [4.69, 9.17) is 9.72 Å². The second kappa shape index (κ2) is 9.28. The second-order valence-corrected chi connectivity index (χ2v) is 10.9. The summed E-state index contributed by atoms with van der Waals surface area (Å²) in [5.41, 5.74) is 1.24. The number of likely N-dealkylation sites (tertiary alicyclic amines) is 1. The molecular weight excluding hydrogens is 476 g/mol. The molecule has 3 heterocycles. The van der Waals surface area contributed by atoms with Gasteiger partial charge < -0.3 is 19.9 Å². The normalized spacial score (nSPS) is 19.7. The Balaban J connectivity index is 1.43. The molecule has 2 aliphatic heterocycles. The predicted octanol–water partition coefficient (Wildman–Crippen LogP) is 5.11. The predicted molar refractivity (Wildman–Crippen MR) is 138 cm³/mol. The SMILES string of the molecule is CC(C)(C)OC(=O)N1CC(Nc2ncc3c(n2)C(C)(c2cccc(F)c2F)CN(c2ccccc2)C3)C1. The summed E-state index contributed by atoms with van der Waals surface area (Å²) in [7, 11) is 0. The first-order valence-electron chi connectivity index (χ1n) is 12.4. The molecule has 0 spiro atoms. The van der Waals surface area contributed by atoms with Gasteiger partial charge >= 0.3 is 6.09 Å². The summed E-state index contributed by atoms with van der Waals surface area (Å²) in [5.74, 6) is -1.36. The number of hydrogen-bond donors (Lipinski definition) is 1. The zero-order chi connectivity index (χ0) is 26.4. The molecule has 7 nitrogen and oxygen atoms in total. The number of halogens is 2. The lowest BCUT2D eigenvalue weighted by Gasteiger charge is -2.43. The lowest BCUT2D eigenvalue weighted by atomic mass is 9.74. The Morgan fingerprint density at radius 1 is 1.11 bits per heavy atom. The highest BCUT2D eigenvalue weighted by Crippen LogP contribution is 2.41. The van der Waals surface area contributed by atoms with E-state index in [0.717, 1.165) is 17.3 Å². The van der Waals surface area contributed by atoms with Crippen molar-refractivity contribution < 1.29 is 18.3 Å². The molecule has 194 valence electrons. The zero-order valence-electron chi connectivity index (χ0n) is 21.5. The zero-order valence-corrected chi connectivity index (χ0v) is 21.5. The first kappa shape index (κ1) is 24.9. The Kier molecular flexibility index (Phi) is 6.25. The van der Waals surface area contributed by atoms with Crippen molar-refractivity contribution >= 4 is 17.7 Å². The van der Waals surface area contributed by atoms with Crippen molar-refractivity contribution in [1.82, 2.24) is 14.9 Å². The van der Waals surface area contributed by atoms with Crippen LogP contribution in [-0.2, 0) is 16.7 Å². The van der Waals surface area contributed by atoms with Crippen molar-refractivity contribution in [3.8, 4) is 0 Å². The van der Waals surface area contributed by atoms with E-state index in [1.807, 2.05) is 58.0 Å². The summed E-state index contributed by atoms with van der Waals surface area (Å²) in [6.45, 7) is 9.28. The van der Waals surface area contributed by atoms with Gasteiger partial charge in [0.1, 0.15) is 5.60 Å². The molecule has 1 fully saturated rings. The van der Waals surface area contributed by atoms with E-state index < -0.39 is 22.7 Å². The van der Waals surface area contributed by atoms with Gasteiger partial charge in [0.2, 0.25) is 5.95 Å². The Hall–Kier alpha value is -3.75. The number of rotatable bonds is 4. The molecule has 1 unspecified atom stereocenters. The fourth-order valence-corrected chi connectivity index (χ4v) is 4.98. The maximum Gasteiger partial charge on any atom is 0.410 e. The Bertz CT molecular complexity index is 1310. The lowest BCUT2D eigenvalue weighted by molar-refractivity contribution is 0.0104. The van der Waals surface area contributed by atoms with Gasteiger partial charge in [0, 0.05) is 49.2 Å². The van der Waals surface area contributed by atoms with Gasteiger partial charge in [-0.2, -0.15) is 0 Å². The highest BCUT2D eigenvalue weighted by atomic mass is 19.2. The van der Waals surface area contributed by atoms with E-state index in [1.54, 1.807) is 17.2 Å². The summed E-state index contributed by atoms with van der Waals surface area (Å²) in [5, 5.41) is 3.28. The smallest absolute Gasteiger partial charge is 0.410 e. The molecule has 2 aromatic carbocycles. The van der Waals surface area contributed by atoms with Crippen LogP contribution < -0.4 is 10.2 Å². The molecule has 2 aliphatic rings. The van der Waals surface area contributed by atoms with Gasteiger partial charge in [-0.1, -0.05) is 30.3 Å². The number of aromatic nitrogens is 2. The molecular formula is C28H31F2N5O2. The first-order chi connectivity index (χ1) is 17.5. The topological polar surface area (TPSA) is 70.6 Å². The maximum absolute atomic E-state index is 15.2. The van der Waals surface area contributed by atoms with Crippen LogP contribution in [0.15, 0.2) is 54.7 Å². The van der Waals surface area contributed by atoms with Crippen LogP contribution in [0.5, 0.6) is 0 Å². The molecule has 3 aromatic rings. The molecule has 0 saturated carbocycles. The van der Waals surface area contributed by atoms with Crippen LogP contribution in [0, 0.1) is 11.6 Å². The van der Waals surface area contributed by atoms with Crippen LogP contribution in [0.3, 0.4) is 0 Å². The molecule has 5 rings (SSSR count). The third kappa shape index (κ3) is 4.95. The largest absolute Gasteiger partial charge is 0.444 e. The number of para-hydroxylation sites is 1. The van der Waals surface area contributed by atoms with Gasteiger partial charge in [-0.25, -0.2) is 23.5 Å². The van der Waals surface area contributed by atoms with Crippen molar-refractivity contribution in [2.75, 3.05) is 29.9 Å². The standard InChI is InChI=1S/C28H31F2N5O2/c1-27(2,3)37-26(36)34-15-19(16-34)32-25-31-13-18-14-35(20-9-6-5-7-10-20)17-28(4,24(18)33-25)21-11-8-12-22(29)23(21)30/h5-13,19H,14-17H2,1-4H3,(H,31,32,33). The molecule has 0 aliphatic carbocycles. The third-order valence-corrected chi connectivity index (χ3v) is 6.79. The lowest BCUT2D eigenvalue weighted by Crippen LogP contribution is -2.58. The quantitative estimate of drug-likeness (QED) is 0.529. The number of amides is 1. The van der Waals surface area contributed by atoms with Crippen molar-refractivity contribution in [3.63, 3.8) is 0 Å². The van der Waals surface area contributed by atoms with E-state index in [2.05, 4.69) is 15.2 Å².